The number of aromatic nitrogens is 3. The zero-order valence-electron chi connectivity index (χ0n) is 19.4. The molecule has 8 nitrogen and oxygen atoms in total. The Morgan fingerprint density at radius 3 is 2.76 bits per heavy atom. The van der Waals surface area contributed by atoms with Crippen LogP contribution in [0.5, 0.6) is 5.75 Å². The lowest BCUT2D eigenvalue weighted by Gasteiger charge is -2.34. The SMILES string of the molecule is COCCCN1C(/C=C/c2ccc(-n3cnc(C)c3)c(OC)c2)=NOC1(C)c1cccnc1. The summed E-state index contributed by atoms with van der Waals surface area (Å²) in [5.74, 6) is 1.50. The first kappa shape index (κ1) is 22.5. The van der Waals surface area contributed by atoms with Crippen LogP contribution in [0, 0.1) is 6.92 Å². The Balaban J connectivity index is 1.58. The number of imidazole rings is 1. The van der Waals surface area contributed by atoms with Crippen molar-refractivity contribution in [1.29, 1.82) is 0 Å². The molecule has 0 N–H and O–H groups in total. The second kappa shape index (κ2) is 9.87. The number of pyridine rings is 1. The highest BCUT2D eigenvalue weighted by atomic mass is 16.7. The van der Waals surface area contributed by atoms with Crippen molar-refractivity contribution < 1.29 is 14.3 Å². The molecule has 1 aromatic carbocycles. The molecule has 1 unspecified atom stereocenters. The number of methoxy groups -OCH3 is 2. The summed E-state index contributed by atoms with van der Waals surface area (Å²) < 4.78 is 12.8. The van der Waals surface area contributed by atoms with E-state index < -0.39 is 5.72 Å². The lowest BCUT2D eigenvalue weighted by molar-refractivity contribution is -0.0916. The van der Waals surface area contributed by atoms with Crippen molar-refractivity contribution in [2.45, 2.75) is 26.0 Å². The van der Waals surface area contributed by atoms with Crippen LogP contribution in [0.2, 0.25) is 0 Å². The maximum absolute atomic E-state index is 5.94. The predicted molar refractivity (Wildman–Crippen MR) is 127 cm³/mol. The third kappa shape index (κ3) is 4.75. The van der Waals surface area contributed by atoms with Crippen LogP contribution < -0.4 is 4.74 Å². The Labute approximate surface area is 194 Å². The Morgan fingerprint density at radius 2 is 2.06 bits per heavy atom. The molecule has 0 spiro atoms. The molecule has 4 rings (SSSR count). The van der Waals surface area contributed by atoms with Crippen LogP contribution in [0.25, 0.3) is 11.8 Å². The fourth-order valence-corrected chi connectivity index (χ4v) is 3.85. The van der Waals surface area contributed by atoms with Gasteiger partial charge in [0.15, 0.2) is 5.84 Å². The van der Waals surface area contributed by atoms with Crippen LogP contribution in [0.15, 0.2) is 66.5 Å². The summed E-state index contributed by atoms with van der Waals surface area (Å²) in [7, 11) is 3.37. The van der Waals surface area contributed by atoms with E-state index in [0.717, 1.165) is 47.1 Å². The first-order valence-electron chi connectivity index (χ1n) is 10.9. The summed E-state index contributed by atoms with van der Waals surface area (Å²) in [4.78, 5) is 16.6. The zero-order chi connectivity index (χ0) is 23.3. The van der Waals surface area contributed by atoms with Crippen LogP contribution in [-0.2, 0) is 15.3 Å². The monoisotopic (exact) mass is 447 g/mol. The summed E-state index contributed by atoms with van der Waals surface area (Å²) >= 11 is 0. The number of oxime groups is 1. The summed E-state index contributed by atoms with van der Waals surface area (Å²) in [5, 5.41) is 4.39. The summed E-state index contributed by atoms with van der Waals surface area (Å²) in [6.45, 7) is 5.35. The lowest BCUT2D eigenvalue weighted by atomic mass is 10.0. The quantitative estimate of drug-likeness (QED) is 0.459. The maximum atomic E-state index is 5.94. The molecule has 1 atom stereocenters. The van der Waals surface area contributed by atoms with Gasteiger partial charge in [0.05, 0.1) is 24.8 Å². The van der Waals surface area contributed by atoms with Gasteiger partial charge in [0.1, 0.15) is 5.75 Å². The Bertz CT molecular complexity index is 1140. The Hall–Kier alpha value is -3.65. The van der Waals surface area contributed by atoms with E-state index in [0.29, 0.717) is 6.61 Å². The van der Waals surface area contributed by atoms with Gasteiger partial charge in [-0.05, 0) is 49.2 Å². The minimum atomic E-state index is -0.734. The average Bonchev–Trinajstić information content (AvgIpc) is 3.42. The first-order valence-corrected chi connectivity index (χ1v) is 10.9. The molecule has 2 aromatic heterocycles. The third-order valence-corrected chi connectivity index (χ3v) is 5.65. The number of benzene rings is 1. The Morgan fingerprint density at radius 1 is 1.18 bits per heavy atom. The van der Waals surface area contributed by atoms with Crippen LogP contribution in [0.3, 0.4) is 0 Å². The minimum Gasteiger partial charge on any atom is -0.495 e. The van der Waals surface area contributed by atoms with Crippen LogP contribution >= 0.6 is 0 Å². The molecule has 1 aliphatic rings. The molecular formula is C25H29N5O3. The molecule has 0 radical (unpaired) electrons. The van der Waals surface area contributed by atoms with Gasteiger partial charge in [-0.1, -0.05) is 17.3 Å². The van der Waals surface area contributed by atoms with E-state index in [4.69, 9.17) is 14.3 Å². The highest BCUT2D eigenvalue weighted by Crippen LogP contribution is 2.35. The Kier molecular flexibility index (Phi) is 6.74. The van der Waals surface area contributed by atoms with Gasteiger partial charge in [0, 0.05) is 51.3 Å². The van der Waals surface area contributed by atoms with Crippen LogP contribution in [-0.4, -0.2) is 52.6 Å². The van der Waals surface area contributed by atoms with Crippen LogP contribution in [0.1, 0.15) is 30.2 Å². The second-order valence-corrected chi connectivity index (χ2v) is 7.95. The van der Waals surface area contributed by atoms with E-state index in [1.165, 1.54) is 0 Å². The summed E-state index contributed by atoms with van der Waals surface area (Å²) in [6.07, 6.45) is 12.1. The van der Waals surface area contributed by atoms with E-state index in [1.807, 2.05) is 73.3 Å². The topological polar surface area (TPSA) is 74.0 Å². The zero-order valence-corrected chi connectivity index (χ0v) is 19.4. The van der Waals surface area contributed by atoms with Gasteiger partial charge < -0.3 is 23.8 Å². The molecule has 3 heterocycles. The molecule has 0 fully saturated rings. The number of nitrogens with zero attached hydrogens (tertiary/aromatic N) is 5. The second-order valence-electron chi connectivity index (χ2n) is 7.95. The van der Waals surface area contributed by atoms with Gasteiger partial charge >= 0.3 is 0 Å². The van der Waals surface area contributed by atoms with E-state index in [-0.39, 0.29) is 0 Å². The van der Waals surface area contributed by atoms with E-state index in [2.05, 4.69) is 20.0 Å². The first-order chi connectivity index (χ1) is 16.0. The highest BCUT2D eigenvalue weighted by Gasteiger charge is 2.42. The molecule has 0 aliphatic carbocycles. The molecule has 33 heavy (non-hydrogen) atoms. The van der Waals surface area contributed by atoms with Gasteiger partial charge in [0.25, 0.3) is 0 Å². The van der Waals surface area contributed by atoms with Crippen molar-refractivity contribution in [1.82, 2.24) is 19.4 Å². The molecule has 0 saturated carbocycles. The van der Waals surface area contributed by atoms with Crippen molar-refractivity contribution in [2.75, 3.05) is 27.4 Å². The molecule has 172 valence electrons. The smallest absolute Gasteiger partial charge is 0.235 e. The van der Waals surface area contributed by atoms with E-state index in [1.54, 1.807) is 26.7 Å². The van der Waals surface area contributed by atoms with Gasteiger partial charge in [-0.15, -0.1) is 0 Å². The number of amidine groups is 1. The molecule has 3 aromatic rings. The summed E-state index contributed by atoms with van der Waals surface area (Å²) in [6, 6.07) is 9.95. The number of rotatable bonds is 9. The lowest BCUT2D eigenvalue weighted by Crippen LogP contribution is -2.44. The largest absolute Gasteiger partial charge is 0.495 e. The van der Waals surface area contributed by atoms with Crippen molar-refractivity contribution in [3.05, 3.63) is 78.1 Å². The van der Waals surface area contributed by atoms with Gasteiger partial charge in [-0.2, -0.15) is 0 Å². The number of aryl methyl sites for hydroxylation is 1. The van der Waals surface area contributed by atoms with Crippen molar-refractivity contribution in [3.63, 3.8) is 0 Å². The summed E-state index contributed by atoms with van der Waals surface area (Å²) in [5.41, 5.74) is 3.08. The number of ether oxygens (including phenoxy) is 2. The van der Waals surface area contributed by atoms with Crippen LogP contribution in [0.4, 0.5) is 0 Å². The van der Waals surface area contributed by atoms with Gasteiger partial charge in [-0.3, -0.25) is 4.98 Å². The predicted octanol–water partition coefficient (Wildman–Crippen LogP) is 4.15. The average molecular weight is 448 g/mol. The fraction of sp³-hybridized carbons (Fsp3) is 0.320. The van der Waals surface area contributed by atoms with Gasteiger partial charge in [0.2, 0.25) is 5.72 Å². The number of hydrogen-bond acceptors (Lipinski definition) is 7. The third-order valence-electron chi connectivity index (χ3n) is 5.65. The molecule has 1 aliphatic heterocycles. The standard InChI is InChI=1S/C25H29N5O3/c1-19-17-29(18-27-19)22-10-8-20(15-23(22)32-4)9-11-24-28-33-25(2,21-7-5-12-26-16-21)30(24)13-6-14-31-3/h5,7-12,15-18H,6,13-14H2,1-4H3/b11-9+. The molecular weight excluding hydrogens is 418 g/mol. The van der Waals surface area contributed by atoms with Gasteiger partial charge in [-0.25, -0.2) is 4.98 Å². The minimum absolute atomic E-state index is 0.656. The van der Waals surface area contributed by atoms with Crippen molar-refractivity contribution in [3.8, 4) is 11.4 Å². The molecule has 0 bridgehead atoms. The normalized spacial score (nSPS) is 17.9. The molecule has 8 heteroatoms. The van der Waals surface area contributed by atoms with Crippen molar-refractivity contribution >= 4 is 11.9 Å². The molecule has 0 amide bonds. The highest BCUT2D eigenvalue weighted by molar-refractivity contribution is 5.97. The molecule has 0 saturated heterocycles. The van der Waals surface area contributed by atoms with E-state index in [9.17, 15) is 0 Å². The maximum Gasteiger partial charge on any atom is 0.235 e. The number of hydrogen-bond donors (Lipinski definition) is 0. The van der Waals surface area contributed by atoms with Crippen molar-refractivity contribution in [2.24, 2.45) is 5.16 Å². The fourth-order valence-electron chi connectivity index (χ4n) is 3.85. The van der Waals surface area contributed by atoms with E-state index >= 15 is 0 Å².